The number of Topliss-reactive ketones (excluding diaryl/α,β-unsaturated/α-hetero) is 1. The molecule has 0 saturated heterocycles. The van der Waals surface area contributed by atoms with Crippen molar-refractivity contribution < 1.29 is 9.53 Å². The number of ketones is 1. The van der Waals surface area contributed by atoms with Gasteiger partial charge in [-0.15, -0.1) is 0 Å². The van der Waals surface area contributed by atoms with Crippen molar-refractivity contribution in [3.8, 4) is 5.75 Å². The maximum atomic E-state index is 12.7. The van der Waals surface area contributed by atoms with Gasteiger partial charge < -0.3 is 4.74 Å². The Labute approximate surface area is 115 Å². The molecular formula is C15H24N2O2. The van der Waals surface area contributed by atoms with Gasteiger partial charge >= 0.3 is 0 Å². The van der Waals surface area contributed by atoms with E-state index in [1.807, 2.05) is 6.92 Å². The summed E-state index contributed by atoms with van der Waals surface area (Å²) in [5.41, 5.74) is 1.03. The molecule has 0 amide bonds. The molecule has 0 unspecified atom stereocenters. The lowest BCUT2D eigenvalue weighted by Gasteiger charge is -2.33. The molecule has 0 atom stereocenters. The van der Waals surface area contributed by atoms with Gasteiger partial charge in [-0.1, -0.05) is 13.8 Å². The monoisotopic (exact) mass is 264 g/mol. The van der Waals surface area contributed by atoms with E-state index in [4.69, 9.17) is 4.74 Å². The normalized spacial score (nSPS) is 19.4. The molecule has 1 saturated carbocycles. The first kappa shape index (κ1) is 14.1. The Hall–Kier alpha value is -1.32. The standard InChI is InChI=1S/C15H24N2O2/c1-5-17-13(12(19-4)10-16-17)14(18)11-6-8-15(2,3)9-7-11/h10-11H,5-9H2,1-4H3. The Kier molecular flexibility index (Phi) is 3.97. The van der Waals surface area contributed by atoms with Gasteiger partial charge in [-0.25, -0.2) is 0 Å². The van der Waals surface area contributed by atoms with Gasteiger partial charge in [-0.05, 0) is 38.0 Å². The van der Waals surface area contributed by atoms with Crippen LogP contribution < -0.4 is 4.74 Å². The van der Waals surface area contributed by atoms with E-state index in [1.165, 1.54) is 0 Å². The van der Waals surface area contributed by atoms with Gasteiger partial charge in [-0.3, -0.25) is 9.48 Å². The Balaban J connectivity index is 2.18. The topological polar surface area (TPSA) is 44.1 Å². The van der Waals surface area contributed by atoms with Crippen molar-refractivity contribution in [1.29, 1.82) is 0 Å². The van der Waals surface area contributed by atoms with Crippen molar-refractivity contribution in [2.45, 2.75) is 53.0 Å². The summed E-state index contributed by atoms with van der Waals surface area (Å²) in [6.45, 7) is 7.25. The molecule has 1 aromatic rings. The third-order valence-corrected chi connectivity index (χ3v) is 4.27. The molecule has 0 aliphatic heterocycles. The summed E-state index contributed by atoms with van der Waals surface area (Å²) in [4.78, 5) is 12.7. The Morgan fingerprint density at radius 1 is 1.47 bits per heavy atom. The second-order valence-corrected chi connectivity index (χ2v) is 6.18. The van der Waals surface area contributed by atoms with Crippen molar-refractivity contribution in [3.05, 3.63) is 11.9 Å². The Morgan fingerprint density at radius 2 is 2.11 bits per heavy atom. The van der Waals surface area contributed by atoms with E-state index in [0.717, 1.165) is 25.7 Å². The molecular weight excluding hydrogens is 240 g/mol. The minimum atomic E-state index is 0.129. The van der Waals surface area contributed by atoms with E-state index in [2.05, 4.69) is 18.9 Å². The first-order valence-electron chi connectivity index (χ1n) is 7.12. The van der Waals surface area contributed by atoms with E-state index < -0.39 is 0 Å². The fourth-order valence-electron chi connectivity index (χ4n) is 2.86. The molecule has 19 heavy (non-hydrogen) atoms. The largest absolute Gasteiger partial charge is 0.493 e. The molecule has 1 heterocycles. The highest BCUT2D eigenvalue weighted by Crippen LogP contribution is 2.39. The lowest BCUT2D eigenvalue weighted by molar-refractivity contribution is 0.0823. The molecule has 2 rings (SSSR count). The Morgan fingerprint density at radius 3 is 2.63 bits per heavy atom. The van der Waals surface area contributed by atoms with Crippen LogP contribution in [0.3, 0.4) is 0 Å². The zero-order chi connectivity index (χ0) is 14.0. The lowest BCUT2D eigenvalue weighted by Crippen LogP contribution is -2.27. The van der Waals surface area contributed by atoms with Gasteiger partial charge in [0.05, 0.1) is 13.3 Å². The quantitative estimate of drug-likeness (QED) is 0.784. The van der Waals surface area contributed by atoms with E-state index in [1.54, 1.807) is 18.0 Å². The van der Waals surface area contributed by atoms with Gasteiger partial charge in [-0.2, -0.15) is 5.10 Å². The van der Waals surface area contributed by atoms with E-state index in [-0.39, 0.29) is 11.7 Å². The fourth-order valence-corrected chi connectivity index (χ4v) is 2.86. The van der Waals surface area contributed by atoms with Gasteiger partial charge in [0.2, 0.25) is 0 Å². The van der Waals surface area contributed by atoms with Crippen molar-refractivity contribution in [2.75, 3.05) is 7.11 Å². The molecule has 0 N–H and O–H groups in total. The van der Waals surface area contributed by atoms with Gasteiger partial charge in [0.1, 0.15) is 5.69 Å². The highest BCUT2D eigenvalue weighted by molar-refractivity contribution is 5.98. The minimum absolute atomic E-state index is 0.129. The summed E-state index contributed by atoms with van der Waals surface area (Å²) >= 11 is 0. The van der Waals surface area contributed by atoms with E-state index in [0.29, 0.717) is 23.4 Å². The zero-order valence-corrected chi connectivity index (χ0v) is 12.4. The van der Waals surface area contributed by atoms with Gasteiger partial charge in [0.15, 0.2) is 11.5 Å². The average Bonchev–Trinajstić information content (AvgIpc) is 2.80. The predicted molar refractivity (Wildman–Crippen MR) is 74.5 cm³/mol. The van der Waals surface area contributed by atoms with Crippen LogP contribution in [-0.2, 0) is 6.54 Å². The van der Waals surface area contributed by atoms with Crippen LogP contribution in [-0.4, -0.2) is 22.7 Å². The molecule has 0 bridgehead atoms. The summed E-state index contributed by atoms with van der Waals surface area (Å²) in [7, 11) is 1.60. The molecule has 1 aliphatic rings. The lowest BCUT2D eigenvalue weighted by atomic mass is 9.71. The first-order valence-corrected chi connectivity index (χ1v) is 7.12. The predicted octanol–water partition coefficient (Wildman–Crippen LogP) is 3.31. The van der Waals surface area contributed by atoms with Crippen LogP contribution in [0.1, 0.15) is 56.9 Å². The maximum Gasteiger partial charge on any atom is 0.187 e. The molecule has 0 radical (unpaired) electrons. The van der Waals surface area contributed by atoms with Crippen molar-refractivity contribution in [1.82, 2.24) is 9.78 Å². The molecule has 1 aromatic heterocycles. The third kappa shape index (κ3) is 2.82. The van der Waals surface area contributed by atoms with Gasteiger partial charge in [0.25, 0.3) is 0 Å². The number of hydrogen-bond acceptors (Lipinski definition) is 3. The number of carbonyl (C=O) groups is 1. The van der Waals surface area contributed by atoms with Crippen LogP contribution in [0.2, 0.25) is 0 Å². The maximum absolute atomic E-state index is 12.7. The molecule has 4 heteroatoms. The van der Waals surface area contributed by atoms with Crippen LogP contribution in [0.25, 0.3) is 0 Å². The highest BCUT2D eigenvalue weighted by Gasteiger charge is 2.33. The summed E-state index contributed by atoms with van der Waals surface area (Å²) in [6.07, 6.45) is 5.83. The highest BCUT2D eigenvalue weighted by atomic mass is 16.5. The number of ether oxygens (including phenoxy) is 1. The van der Waals surface area contributed by atoms with Crippen molar-refractivity contribution in [3.63, 3.8) is 0 Å². The molecule has 1 aliphatic carbocycles. The number of aryl methyl sites for hydroxylation is 1. The second kappa shape index (κ2) is 5.35. The van der Waals surface area contributed by atoms with Crippen LogP contribution >= 0.6 is 0 Å². The van der Waals surface area contributed by atoms with Crippen molar-refractivity contribution >= 4 is 5.78 Å². The van der Waals surface area contributed by atoms with Crippen LogP contribution in [0.5, 0.6) is 5.75 Å². The Bertz CT molecular complexity index is 431. The van der Waals surface area contributed by atoms with Crippen LogP contribution in [0.4, 0.5) is 0 Å². The molecule has 1 fully saturated rings. The molecule has 0 aromatic carbocycles. The third-order valence-electron chi connectivity index (χ3n) is 4.27. The number of hydrogen-bond donors (Lipinski definition) is 0. The summed E-state index contributed by atoms with van der Waals surface area (Å²) in [5.74, 6) is 0.937. The number of carbonyl (C=O) groups excluding carboxylic acids is 1. The molecule has 0 spiro atoms. The molecule has 106 valence electrons. The fraction of sp³-hybridized carbons (Fsp3) is 0.733. The number of methoxy groups -OCH3 is 1. The summed E-state index contributed by atoms with van der Waals surface area (Å²) in [6, 6.07) is 0. The van der Waals surface area contributed by atoms with Gasteiger partial charge in [0, 0.05) is 12.5 Å². The average molecular weight is 264 g/mol. The summed E-state index contributed by atoms with van der Waals surface area (Å²) < 4.78 is 7.03. The van der Waals surface area contributed by atoms with Crippen molar-refractivity contribution in [2.24, 2.45) is 11.3 Å². The second-order valence-electron chi connectivity index (χ2n) is 6.18. The number of rotatable bonds is 4. The minimum Gasteiger partial charge on any atom is -0.493 e. The zero-order valence-electron chi connectivity index (χ0n) is 12.4. The van der Waals surface area contributed by atoms with Crippen LogP contribution in [0, 0.1) is 11.3 Å². The van der Waals surface area contributed by atoms with E-state index >= 15 is 0 Å². The summed E-state index contributed by atoms with van der Waals surface area (Å²) in [5, 5.41) is 4.22. The van der Waals surface area contributed by atoms with Crippen LogP contribution in [0.15, 0.2) is 6.20 Å². The van der Waals surface area contributed by atoms with E-state index in [9.17, 15) is 4.79 Å². The molecule has 4 nitrogen and oxygen atoms in total. The first-order chi connectivity index (χ1) is 8.98. The number of aromatic nitrogens is 2. The smallest absolute Gasteiger partial charge is 0.187 e. The SMILES string of the molecule is CCn1ncc(OC)c1C(=O)C1CCC(C)(C)CC1. The number of nitrogens with zero attached hydrogens (tertiary/aromatic N) is 2.